The molecule has 1 aliphatic rings. The van der Waals surface area contributed by atoms with Gasteiger partial charge in [0.2, 0.25) is 0 Å². The number of para-hydroxylation sites is 1. The number of hydrogen-bond acceptors (Lipinski definition) is 2. The molecule has 0 bridgehead atoms. The van der Waals surface area contributed by atoms with Crippen LogP contribution < -0.4 is 15.2 Å². The van der Waals surface area contributed by atoms with Crippen molar-refractivity contribution in [2.24, 2.45) is 0 Å². The van der Waals surface area contributed by atoms with Gasteiger partial charge in [0.15, 0.2) is 9.52 Å². The van der Waals surface area contributed by atoms with Gasteiger partial charge in [0.25, 0.3) is 0 Å². The molecule has 0 atom stereocenters. The molecule has 1 aromatic carbocycles. The average molecular weight is 197 g/mol. The molecule has 0 spiro atoms. The summed E-state index contributed by atoms with van der Waals surface area (Å²) >= 11 is 0. The molecule has 1 aliphatic heterocycles. The minimum absolute atomic E-state index is 0.608. The van der Waals surface area contributed by atoms with Crippen LogP contribution in [0, 0.1) is 0 Å². The first-order chi connectivity index (χ1) is 6.93. The first-order valence-corrected chi connectivity index (χ1v) is 5.42. The maximum Gasteiger partial charge on any atom is 0.158 e. The number of ether oxygens (including phenoxy) is 1. The Morgan fingerprint density at radius 3 is 2.86 bits per heavy atom. The monoisotopic (exact) mass is 197 g/mol. The van der Waals surface area contributed by atoms with E-state index < -0.39 is 0 Å². The smallest absolute Gasteiger partial charge is 0.158 e. The van der Waals surface area contributed by atoms with Gasteiger partial charge in [0.1, 0.15) is 11.5 Å². The Hall–Kier alpha value is -1.61. The van der Waals surface area contributed by atoms with Crippen molar-refractivity contribution >= 4 is 20.0 Å². The van der Waals surface area contributed by atoms with Gasteiger partial charge in [-0.3, -0.25) is 4.98 Å². The summed E-state index contributed by atoms with van der Waals surface area (Å²) in [5.74, 6) is 1.86. The van der Waals surface area contributed by atoms with Crippen LogP contribution in [0.3, 0.4) is 0 Å². The molecule has 0 N–H and O–H groups in total. The van der Waals surface area contributed by atoms with Crippen molar-refractivity contribution < 1.29 is 4.74 Å². The lowest BCUT2D eigenvalue weighted by molar-refractivity contribution is 0.486. The Morgan fingerprint density at radius 1 is 1.00 bits per heavy atom. The number of aromatic nitrogens is 1. The molecule has 2 nitrogen and oxygen atoms in total. The third-order valence-corrected chi connectivity index (χ3v) is 3.43. The highest BCUT2D eigenvalue weighted by Crippen LogP contribution is 2.19. The maximum absolute atomic E-state index is 5.72. The third kappa shape index (κ3) is 1.14. The van der Waals surface area contributed by atoms with E-state index in [4.69, 9.17) is 4.74 Å². The molecular formula is C11H7NOSi. The van der Waals surface area contributed by atoms with Crippen molar-refractivity contribution in [1.29, 1.82) is 0 Å². The first kappa shape index (κ1) is 7.76. The summed E-state index contributed by atoms with van der Waals surface area (Å²) in [7, 11) is 0.608. The number of nitrogens with zero attached hydrogens (tertiary/aromatic N) is 1. The summed E-state index contributed by atoms with van der Waals surface area (Å²) < 4.78 is 5.72. The fraction of sp³-hybridized carbons (Fsp3) is 0. The Bertz CT molecular complexity index is 397. The van der Waals surface area contributed by atoms with Gasteiger partial charge < -0.3 is 4.74 Å². The summed E-state index contributed by atoms with van der Waals surface area (Å²) in [6, 6.07) is 12.0. The van der Waals surface area contributed by atoms with E-state index in [1.165, 1.54) is 5.19 Å². The predicted octanol–water partition coefficient (Wildman–Crippen LogP) is 0.842. The minimum atomic E-state index is 0.608. The Kier molecular flexibility index (Phi) is 1.64. The van der Waals surface area contributed by atoms with E-state index in [0.717, 1.165) is 16.8 Å². The molecule has 0 unspecified atom stereocenters. The van der Waals surface area contributed by atoms with Crippen LogP contribution in [0.1, 0.15) is 0 Å². The van der Waals surface area contributed by atoms with Gasteiger partial charge in [0.05, 0.1) is 5.32 Å². The van der Waals surface area contributed by atoms with Gasteiger partial charge in [0, 0.05) is 6.20 Å². The van der Waals surface area contributed by atoms with Crippen LogP contribution in [0.4, 0.5) is 0 Å². The molecule has 66 valence electrons. The van der Waals surface area contributed by atoms with Gasteiger partial charge >= 0.3 is 0 Å². The van der Waals surface area contributed by atoms with Crippen molar-refractivity contribution in [2.75, 3.05) is 0 Å². The largest absolute Gasteiger partial charge is 0.456 e. The molecule has 1 aromatic heterocycles. The van der Waals surface area contributed by atoms with Crippen LogP contribution in [0.15, 0.2) is 42.6 Å². The van der Waals surface area contributed by atoms with Crippen LogP contribution in [0.5, 0.6) is 11.5 Å². The maximum atomic E-state index is 5.72. The van der Waals surface area contributed by atoms with E-state index in [-0.39, 0.29) is 0 Å². The van der Waals surface area contributed by atoms with Gasteiger partial charge in [-0.05, 0) is 23.4 Å². The second-order valence-electron chi connectivity index (χ2n) is 3.07. The van der Waals surface area contributed by atoms with E-state index in [1.54, 1.807) is 0 Å². The molecule has 3 rings (SSSR count). The highest BCUT2D eigenvalue weighted by atomic mass is 28.2. The lowest BCUT2D eigenvalue weighted by Crippen LogP contribution is -2.35. The summed E-state index contributed by atoms with van der Waals surface area (Å²) in [6.07, 6.45) is 1.81. The Labute approximate surface area is 84.4 Å². The fourth-order valence-corrected chi connectivity index (χ4v) is 2.56. The van der Waals surface area contributed by atoms with E-state index in [9.17, 15) is 0 Å². The SMILES string of the molecule is c1ccc2c(c1)Oc1cccnc1[Si]2. The number of pyridine rings is 1. The lowest BCUT2D eigenvalue weighted by atomic mass is 10.3. The molecular weight excluding hydrogens is 190 g/mol. The van der Waals surface area contributed by atoms with Gasteiger partial charge in [-0.2, -0.15) is 0 Å². The van der Waals surface area contributed by atoms with Crippen LogP contribution in [-0.2, 0) is 0 Å². The molecule has 0 aliphatic carbocycles. The first-order valence-electron chi connectivity index (χ1n) is 4.42. The molecule has 0 amide bonds. The quantitative estimate of drug-likeness (QED) is 0.498. The van der Waals surface area contributed by atoms with E-state index >= 15 is 0 Å². The van der Waals surface area contributed by atoms with Crippen LogP contribution in [0.25, 0.3) is 0 Å². The Morgan fingerprint density at radius 2 is 1.86 bits per heavy atom. The lowest BCUT2D eigenvalue weighted by Gasteiger charge is -2.17. The predicted molar refractivity (Wildman–Crippen MR) is 55.8 cm³/mol. The normalized spacial score (nSPS) is 12.6. The standard InChI is InChI=1S/C11H7NOSi/c1-2-6-10-8(4-1)13-9-5-3-7-12-11(9)14-10/h1-7H. The van der Waals surface area contributed by atoms with E-state index in [0.29, 0.717) is 9.52 Å². The highest BCUT2D eigenvalue weighted by molar-refractivity contribution is 6.68. The number of benzene rings is 1. The van der Waals surface area contributed by atoms with Gasteiger partial charge in [-0.1, -0.05) is 18.2 Å². The van der Waals surface area contributed by atoms with Crippen molar-refractivity contribution in [3.05, 3.63) is 42.6 Å². The molecule has 2 radical (unpaired) electrons. The van der Waals surface area contributed by atoms with Crippen LogP contribution in [-0.4, -0.2) is 14.5 Å². The molecule has 2 aromatic rings. The van der Waals surface area contributed by atoms with Crippen LogP contribution >= 0.6 is 0 Å². The summed E-state index contributed by atoms with van der Waals surface area (Å²) in [6.45, 7) is 0. The molecule has 0 fully saturated rings. The zero-order valence-corrected chi connectivity index (χ0v) is 8.40. The molecule has 3 heteroatoms. The zero-order valence-electron chi connectivity index (χ0n) is 7.40. The average Bonchev–Trinajstić information content (AvgIpc) is 2.26. The molecule has 14 heavy (non-hydrogen) atoms. The molecule has 0 saturated heterocycles. The third-order valence-electron chi connectivity index (χ3n) is 2.13. The highest BCUT2D eigenvalue weighted by Gasteiger charge is 2.17. The van der Waals surface area contributed by atoms with E-state index in [2.05, 4.69) is 11.1 Å². The number of fused-ring (bicyclic) bond motifs is 2. The van der Waals surface area contributed by atoms with Gasteiger partial charge in [-0.15, -0.1) is 0 Å². The van der Waals surface area contributed by atoms with Crippen molar-refractivity contribution in [2.45, 2.75) is 0 Å². The molecule has 0 saturated carbocycles. The topological polar surface area (TPSA) is 22.1 Å². The summed E-state index contributed by atoms with van der Waals surface area (Å²) in [5.41, 5.74) is 0. The zero-order chi connectivity index (χ0) is 9.38. The summed E-state index contributed by atoms with van der Waals surface area (Å²) in [5, 5.41) is 2.28. The number of hydrogen-bond donors (Lipinski definition) is 0. The second-order valence-corrected chi connectivity index (χ2v) is 4.34. The number of rotatable bonds is 0. The minimum Gasteiger partial charge on any atom is -0.456 e. The second kappa shape index (κ2) is 2.96. The van der Waals surface area contributed by atoms with Crippen molar-refractivity contribution in [1.82, 2.24) is 4.98 Å². The van der Waals surface area contributed by atoms with Crippen molar-refractivity contribution in [3.63, 3.8) is 0 Å². The van der Waals surface area contributed by atoms with Crippen LogP contribution in [0.2, 0.25) is 0 Å². The fourth-order valence-electron chi connectivity index (χ4n) is 1.47. The summed E-state index contributed by atoms with van der Waals surface area (Å²) in [4.78, 5) is 4.31. The Balaban J connectivity index is 2.12. The molecule has 2 heterocycles. The van der Waals surface area contributed by atoms with Gasteiger partial charge in [-0.25, -0.2) is 0 Å². The van der Waals surface area contributed by atoms with Crippen molar-refractivity contribution in [3.8, 4) is 11.5 Å². The van der Waals surface area contributed by atoms with E-state index in [1.807, 2.05) is 36.5 Å².